The van der Waals surface area contributed by atoms with Gasteiger partial charge in [-0.1, -0.05) is 12.1 Å². The zero-order valence-corrected chi connectivity index (χ0v) is 10.1. The maximum atomic E-state index is 9.45. The summed E-state index contributed by atoms with van der Waals surface area (Å²) in [5, 5.41) is 20.0. The molecule has 17 heavy (non-hydrogen) atoms. The molecule has 0 aliphatic carbocycles. The summed E-state index contributed by atoms with van der Waals surface area (Å²) in [6, 6.07) is 7.27. The minimum atomic E-state index is -1.85. The van der Waals surface area contributed by atoms with E-state index in [9.17, 15) is 10.2 Å². The van der Waals surface area contributed by atoms with E-state index >= 15 is 0 Å². The first kappa shape index (κ1) is 12.1. The maximum absolute atomic E-state index is 9.45. The first-order valence-electron chi connectivity index (χ1n) is 5.63. The molecule has 0 spiro atoms. The van der Waals surface area contributed by atoms with Crippen LogP contribution in [-0.4, -0.2) is 26.6 Å². The van der Waals surface area contributed by atoms with Crippen LogP contribution in [0.5, 0.6) is 0 Å². The maximum Gasteiger partial charge on any atom is 0.175 e. The van der Waals surface area contributed by atoms with Crippen molar-refractivity contribution in [3.05, 3.63) is 36.0 Å². The molecule has 1 aromatic heterocycles. The van der Waals surface area contributed by atoms with E-state index in [2.05, 4.69) is 0 Å². The van der Waals surface area contributed by atoms with Gasteiger partial charge in [0.25, 0.3) is 0 Å². The van der Waals surface area contributed by atoms with Gasteiger partial charge >= 0.3 is 0 Å². The summed E-state index contributed by atoms with van der Waals surface area (Å²) in [4.78, 5) is 0. The Morgan fingerprint density at radius 1 is 1.35 bits per heavy atom. The second kappa shape index (κ2) is 4.14. The van der Waals surface area contributed by atoms with Gasteiger partial charge in [0.2, 0.25) is 0 Å². The predicted molar refractivity (Wildman–Crippen MR) is 67.4 cm³/mol. The highest BCUT2D eigenvalue weighted by atomic mass is 16.5. The van der Waals surface area contributed by atoms with E-state index in [1.54, 1.807) is 0 Å². The van der Waals surface area contributed by atoms with E-state index in [1.807, 2.05) is 42.1 Å². The molecule has 4 heteroatoms. The minimum absolute atomic E-state index is 0.435. The van der Waals surface area contributed by atoms with Gasteiger partial charge in [0, 0.05) is 24.1 Å². The molecular formula is C13H18N2O2. The van der Waals surface area contributed by atoms with Gasteiger partial charge in [0.1, 0.15) is 0 Å². The van der Waals surface area contributed by atoms with Crippen LogP contribution in [0.25, 0.3) is 10.9 Å². The van der Waals surface area contributed by atoms with Gasteiger partial charge in [-0.05, 0) is 31.0 Å². The van der Waals surface area contributed by atoms with Crippen LogP contribution in [0.2, 0.25) is 0 Å². The molecule has 0 aliphatic heterocycles. The fourth-order valence-corrected chi connectivity index (χ4v) is 1.97. The number of nitrogens with zero attached hydrogens (tertiary/aromatic N) is 1. The highest BCUT2D eigenvalue weighted by molar-refractivity contribution is 5.83. The predicted octanol–water partition coefficient (Wildman–Crippen LogP) is 0.749. The molecule has 0 saturated heterocycles. The van der Waals surface area contributed by atoms with E-state index in [-0.39, 0.29) is 0 Å². The number of hydrogen-bond donors (Lipinski definition) is 3. The third-order valence-corrected chi connectivity index (χ3v) is 3.16. The van der Waals surface area contributed by atoms with Gasteiger partial charge < -0.3 is 20.5 Å². The Kier molecular flexibility index (Phi) is 2.95. The smallest absolute Gasteiger partial charge is 0.175 e. The average Bonchev–Trinajstić information content (AvgIpc) is 2.60. The SMILES string of the molecule is Cn1ccc2c(C[C@H](N)C(C)(O)O)cccc21. The van der Waals surface area contributed by atoms with Crippen molar-refractivity contribution in [3.63, 3.8) is 0 Å². The summed E-state index contributed by atoms with van der Waals surface area (Å²) in [5.41, 5.74) is 7.92. The Balaban J connectivity index is 2.37. The minimum Gasteiger partial charge on any atom is -0.365 e. The normalized spacial score (nSPS) is 14.2. The molecule has 0 bridgehead atoms. The van der Waals surface area contributed by atoms with Crippen molar-refractivity contribution in [1.29, 1.82) is 0 Å². The lowest BCUT2D eigenvalue weighted by atomic mass is 9.98. The summed E-state index contributed by atoms with van der Waals surface area (Å²) in [7, 11) is 1.98. The quantitative estimate of drug-likeness (QED) is 0.686. The molecule has 4 nitrogen and oxygen atoms in total. The van der Waals surface area contributed by atoms with E-state index in [1.165, 1.54) is 6.92 Å². The molecule has 1 aromatic carbocycles. The number of fused-ring (bicyclic) bond motifs is 1. The summed E-state index contributed by atoms with van der Waals surface area (Å²) in [6.45, 7) is 1.31. The fraction of sp³-hybridized carbons (Fsp3) is 0.385. The molecule has 92 valence electrons. The Bertz CT molecular complexity index is 526. The third kappa shape index (κ3) is 2.34. The highest BCUT2D eigenvalue weighted by Gasteiger charge is 2.26. The van der Waals surface area contributed by atoms with E-state index in [0.717, 1.165) is 16.5 Å². The lowest BCUT2D eigenvalue weighted by molar-refractivity contribution is -0.160. The number of aliphatic hydroxyl groups is 2. The van der Waals surface area contributed by atoms with Gasteiger partial charge in [-0.15, -0.1) is 0 Å². The average molecular weight is 234 g/mol. The van der Waals surface area contributed by atoms with Gasteiger partial charge in [-0.2, -0.15) is 0 Å². The zero-order chi connectivity index (χ0) is 12.6. The van der Waals surface area contributed by atoms with E-state index < -0.39 is 11.8 Å². The molecule has 2 aromatic rings. The second-order valence-electron chi connectivity index (χ2n) is 4.68. The molecule has 0 aliphatic rings. The van der Waals surface area contributed by atoms with Crippen molar-refractivity contribution in [2.75, 3.05) is 0 Å². The Morgan fingerprint density at radius 3 is 2.71 bits per heavy atom. The van der Waals surface area contributed by atoms with Crippen LogP contribution in [-0.2, 0) is 13.5 Å². The molecule has 0 amide bonds. The molecular weight excluding hydrogens is 216 g/mol. The van der Waals surface area contributed by atoms with Gasteiger partial charge in [0.15, 0.2) is 5.79 Å². The number of rotatable bonds is 3. The van der Waals surface area contributed by atoms with Crippen molar-refractivity contribution in [1.82, 2.24) is 4.57 Å². The molecule has 0 radical (unpaired) electrons. The van der Waals surface area contributed by atoms with Crippen LogP contribution in [0.1, 0.15) is 12.5 Å². The topological polar surface area (TPSA) is 71.4 Å². The lowest BCUT2D eigenvalue weighted by Crippen LogP contribution is -2.46. The standard InChI is InChI=1S/C13H18N2O2/c1-13(16,17)12(14)8-9-4-3-5-11-10(9)6-7-15(11)2/h3-7,12,16-17H,8,14H2,1-2H3/t12-/m0/s1. The van der Waals surface area contributed by atoms with Gasteiger partial charge in [0.05, 0.1) is 6.04 Å². The van der Waals surface area contributed by atoms with Crippen molar-refractivity contribution < 1.29 is 10.2 Å². The first-order valence-corrected chi connectivity index (χ1v) is 5.63. The van der Waals surface area contributed by atoms with Crippen LogP contribution in [0.3, 0.4) is 0 Å². The molecule has 1 heterocycles. The van der Waals surface area contributed by atoms with Crippen LogP contribution < -0.4 is 5.73 Å². The van der Waals surface area contributed by atoms with Crippen LogP contribution in [0.15, 0.2) is 30.5 Å². The Hall–Kier alpha value is -1.36. The van der Waals surface area contributed by atoms with Crippen LogP contribution in [0, 0.1) is 0 Å². The number of hydrogen-bond acceptors (Lipinski definition) is 3. The summed E-state index contributed by atoms with van der Waals surface area (Å²) < 4.78 is 2.03. The summed E-state index contributed by atoms with van der Waals surface area (Å²) >= 11 is 0. The van der Waals surface area contributed by atoms with Gasteiger partial charge in [-0.3, -0.25) is 0 Å². The number of benzene rings is 1. The van der Waals surface area contributed by atoms with Crippen LogP contribution >= 0.6 is 0 Å². The number of aromatic nitrogens is 1. The van der Waals surface area contributed by atoms with E-state index in [0.29, 0.717) is 6.42 Å². The van der Waals surface area contributed by atoms with Crippen molar-refractivity contribution in [2.45, 2.75) is 25.2 Å². The zero-order valence-electron chi connectivity index (χ0n) is 10.1. The third-order valence-electron chi connectivity index (χ3n) is 3.16. The molecule has 0 saturated carbocycles. The second-order valence-corrected chi connectivity index (χ2v) is 4.68. The molecule has 1 atom stereocenters. The van der Waals surface area contributed by atoms with Crippen molar-refractivity contribution >= 4 is 10.9 Å². The van der Waals surface area contributed by atoms with Crippen molar-refractivity contribution in [2.24, 2.45) is 12.8 Å². The Labute approximate surface area is 100 Å². The largest absolute Gasteiger partial charge is 0.365 e. The fourth-order valence-electron chi connectivity index (χ4n) is 1.97. The Morgan fingerprint density at radius 2 is 2.06 bits per heavy atom. The highest BCUT2D eigenvalue weighted by Crippen LogP contribution is 2.21. The summed E-state index contributed by atoms with van der Waals surface area (Å²) in [6.07, 6.45) is 2.42. The van der Waals surface area contributed by atoms with Crippen LogP contribution in [0.4, 0.5) is 0 Å². The number of nitrogens with two attached hydrogens (primary N) is 1. The molecule has 2 rings (SSSR count). The van der Waals surface area contributed by atoms with Crippen molar-refractivity contribution in [3.8, 4) is 0 Å². The van der Waals surface area contributed by atoms with E-state index in [4.69, 9.17) is 5.73 Å². The lowest BCUT2D eigenvalue weighted by Gasteiger charge is -2.24. The first-order chi connectivity index (χ1) is 7.89. The molecule has 0 unspecified atom stereocenters. The molecule has 0 fully saturated rings. The number of aryl methyl sites for hydroxylation is 1. The molecule has 4 N–H and O–H groups in total. The monoisotopic (exact) mass is 234 g/mol. The summed E-state index contributed by atoms with van der Waals surface area (Å²) in [5.74, 6) is -1.85. The van der Waals surface area contributed by atoms with Gasteiger partial charge in [-0.25, -0.2) is 0 Å².